The van der Waals surface area contributed by atoms with Gasteiger partial charge < -0.3 is 5.32 Å². The minimum Gasteiger partial charge on any atom is -0.308 e. The van der Waals surface area contributed by atoms with Crippen LogP contribution in [0.4, 0.5) is 10.2 Å². The van der Waals surface area contributed by atoms with Crippen LogP contribution < -0.4 is 10.6 Å². The minimum atomic E-state index is -0.335. The largest absolute Gasteiger partial charge is 0.308 e. The molecule has 0 radical (unpaired) electrons. The van der Waals surface area contributed by atoms with Crippen molar-refractivity contribution >= 4 is 11.7 Å². The lowest BCUT2D eigenvalue weighted by atomic mass is 10.0. The summed E-state index contributed by atoms with van der Waals surface area (Å²) in [6.07, 6.45) is 3.29. The number of aryl methyl sites for hydroxylation is 1. The van der Waals surface area contributed by atoms with Crippen molar-refractivity contribution in [1.82, 2.24) is 15.5 Å². The van der Waals surface area contributed by atoms with Crippen molar-refractivity contribution in [2.45, 2.75) is 44.7 Å². The lowest BCUT2D eigenvalue weighted by Gasteiger charge is -2.22. The van der Waals surface area contributed by atoms with Crippen LogP contribution >= 0.6 is 0 Å². The maximum Gasteiger partial charge on any atom is 0.242 e. The van der Waals surface area contributed by atoms with E-state index in [1.54, 1.807) is 6.07 Å². The minimum absolute atomic E-state index is 0.0620. The van der Waals surface area contributed by atoms with Crippen molar-refractivity contribution in [2.24, 2.45) is 0 Å². The first-order valence-corrected chi connectivity index (χ1v) is 10.1. The summed E-state index contributed by atoms with van der Waals surface area (Å²) in [5.41, 5.74) is 3.98. The fourth-order valence-corrected chi connectivity index (χ4v) is 3.95. The molecular weight excluding hydrogens is 367 g/mol. The molecule has 1 aliphatic carbocycles. The van der Waals surface area contributed by atoms with Crippen LogP contribution in [0.1, 0.15) is 43.4 Å². The number of amides is 1. The van der Waals surface area contributed by atoms with Crippen molar-refractivity contribution in [2.75, 3.05) is 5.32 Å². The molecule has 3 N–H and O–H groups in total. The summed E-state index contributed by atoms with van der Waals surface area (Å²) in [4.78, 5) is 12.9. The molecule has 1 aromatic heterocycles. The molecule has 0 spiro atoms. The van der Waals surface area contributed by atoms with Gasteiger partial charge in [-0.25, -0.2) is 4.39 Å². The van der Waals surface area contributed by atoms with Crippen LogP contribution in [-0.4, -0.2) is 22.1 Å². The molecule has 1 heterocycles. The summed E-state index contributed by atoms with van der Waals surface area (Å²) < 4.78 is 13.5. The highest BCUT2D eigenvalue weighted by Gasteiger charge is 2.28. The number of fused-ring (bicyclic) bond motifs is 1. The van der Waals surface area contributed by atoms with E-state index in [9.17, 15) is 9.18 Å². The van der Waals surface area contributed by atoms with E-state index in [4.69, 9.17) is 0 Å². The fraction of sp³-hybridized carbons (Fsp3) is 0.304. The van der Waals surface area contributed by atoms with E-state index in [2.05, 4.69) is 27.8 Å². The number of halogens is 1. The molecule has 0 saturated heterocycles. The standard InChI is InChI=1S/C23H25FN4O/c1-2-6-20(25-19-12-9-16-13-17(24)10-11-18(16)19)23(29)26-22-14-21(27-28-22)15-7-4-3-5-8-15/h3-5,7-8,10-11,13-14,19-20,25H,2,6,9,12H2,1H3,(H2,26,27,28,29)/t19?,20-/m0/s1. The van der Waals surface area contributed by atoms with Crippen molar-refractivity contribution in [3.8, 4) is 11.3 Å². The molecule has 1 unspecified atom stereocenters. The van der Waals surface area contributed by atoms with Gasteiger partial charge in [0.25, 0.3) is 0 Å². The second-order valence-corrected chi connectivity index (χ2v) is 7.46. The van der Waals surface area contributed by atoms with Gasteiger partial charge in [-0.1, -0.05) is 49.7 Å². The van der Waals surface area contributed by atoms with E-state index >= 15 is 0 Å². The maximum absolute atomic E-state index is 13.5. The Labute approximate surface area is 169 Å². The van der Waals surface area contributed by atoms with Gasteiger partial charge in [0.05, 0.1) is 11.7 Å². The lowest BCUT2D eigenvalue weighted by molar-refractivity contribution is -0.118. The second kappa shape index (κ2) is 8.57. The summed E-state index contributed by atoms with van der Waals surface area (Å²) >= 11 is 0. The first-order chi connectivity index (χ1) is 14.1. The summed E-state index contributed by atoms with van der Waals surface area (Å²) in [7, 11) is 0. The Morgan fingerprint density at radius 1 is 1.24 bits per heavy atom. The van der Waals surface area contributed by atoms with Crippen LogP contribution in [-0.2, 0) is 11.2 Å². The third-order valence-electron chi connectivity index (χ3n) is 5.39. The Bertz CT molecular complexity index is 986. The number of anilines is 1. The van der Waals surface area contributed by atoms with E-state index in [1.807, 2.05) is 42.5 Å². The van der Waals surface area contributed by atoms with Crippen LogP contribution in [0.5, 0.6) is 0 Å². The number of rotatable bonds is 7. The molecule has 4 rings (SSSR count). The van der Waals surface area contributed by atoms with Crippen molar-refractivity contribution in [1.29, 1.82) is 0 Å². The SMILES string of the molecule is CCC[C@H](NC1CCc2cc(F)ccc21)C(=O)Nc1cc(-c2ccccc2)[nH]n1. The Hall–Kier alpha value is -2.99. The zero-order chi connectivity index (χ0) is 20.2. The summed E-state index contributed by atoms with van der Waals surface area (Å²) in [6.45, 7) is 2.06. The number of carbonyl (C=O) groups excluding carboxylic acids is 1. The van der Waals surface area contributed by atoms with Gasteiger partial charge in [0.1, 0.15) is 5.82 Å². The zero-order valence-corrected chi connectivity index (χ0v) is 16.4. The smallest absolute Gasteiger partial charge is 0.242 e. The zero-order valence-electron chi connectivity index (χ0n) is 16.4. The van der Waals surface area contributed by atoms with Crippen LogP contribution in [0.25, 0.3) is 11.3 Å². The molecule has 0 saturated carbocycles. The van der Waals surface area contributed by atoms with Crippen LogP contribution in [0, 0.1) is 5.82 Å². The van der Waals surface area contributed by atoms with E-state index in [0.717, 1.165) is 48.1 Å². The van der Waals surface area contributed by atoms with Gasteiger partial charge in [-0.3, -0.25) is 15.2 Å². The average molecular weight is 392 g/mol. The second-order valence-electron chi connectivity index (χ2n) is 7.46. The van der Waals surface area contributed by atoms with Gasteiger partial charge >= 0.3 is 0 Å². The monoisotopic (exact) mass is 392 g/mol. The summed E-state index contributed by atoms with van der Waals surface area (Å²) in [6, 6.07) is 16.3. The molecule has 150 valence electrons. The average Bonchev–Trinajstić information content (AvgIpc) is 3.35. The molecule has 0 bridgehead atoms. The first kappa shape index (κ1) is 19.3. The topological polar surface area (TPSA) is 69.8 Å². The third kappa shape index (κ3) is 4.38. The van der Waals surface area contributed by atoms with E-state index < -0.39 is 0 Å². The molecule has 2 aromatic carbocycles. The third-order valence-corrected chi connectivity index (χ3v) is 5.39. The highest BCUT2D eigenvalue weighted by atomic mass is 19.1. The molecule has 6 heteroatoms. The molecule has 3 aromatic rings. The molecule has 1 amide bonds. The molecule has 0 fully saturated rings. The Morgan fingerprint density at radius 2 is 2.07 bits per heavy atom. The highest BCUT2D eigenvalue weighted by Crippen LogP contribution is 2.32. The Kier molecular flexibility index (Phi) is 5.71. The number of hydrogen-bond donors (Lipinski definition) is 3. The summed E-state index contributed by atoms with van der Waals surface area (Å²) in [5.74, 6) is 0.194. The molecule has 29 heavy (non-hydrogen) atoms. The molecule has 1 aliphatic rings. The molecule has 5 nitrogen and oxygen atoms in total. The van der Waals surface area contributed by atoms with E-state index in [0.29, 0.717) is 5.82 Å². The number of carbonyl (C=O) groups is 1. The Morgan fingerprint density at radius 3 is 2.86 bits per heavy atom. The quantitative estimate of drug-likeness (QED) is 0.550. The predicted molar refractivity (Wildman–Crippen MR) is 112 cm³/mol. The number of nitrogens with one attached hydrogen (secondary N) is 3. The molecular formula is C23H25FN4O. The van der Waals surface area contributed by atoms with Crippen molar-refractivity contribution in [3.05, 3.63) is 71.5 Å². The van der Waals surface area contributed by atoms with Crippen LogP contribution in [0.3, 0.4) is 0 Å². The van der Waals surface area contributed by atoms with E-state index in [-0.39, 0.29) is 23.8 Å². The van der Waals surface area contributed by atoms with Crippen molar-refractivity contribution in [3.63, 3.8) is 0 Å². The fourth-order valence-electron chi connectivity index (χ4n) is 3.95. The maximum atomic E-state index is 13.5. The Balaban J connectivity index is 1.44. The lowest BCUT2D eigenvalue weighted by Crippen LogP contribution is -2.42. The highest BCUT2D eigenvalue weighted by molar-refractivity contribution is 5.94. The molecule has 0 aliphatic heterocycles. The van der Waals surface area contributed by atoms with Gasteiger partial charge in [0.2, 0.25) is 5.91 Å². The van der Waals surface area contributed by atoms with E-state index in [1.165, 1.54) is 6.07 Å². The van der Waals surface area contributed by atoms with Gasteiger partial charge in [0.15, 0.2) is 5.82 Å². The van der Waals surface area contributed by atoms with Crippen LogP contribution in [0.15, 0.2) is 54.6 Å². The van der Waals surface area contributed by atoms with Gasteiger partial charge in [-0.05, 0) is 48.1 Å². The first-order valence-electron chi connectivity index (χ1n) is 10.1. The number of H-pyrrole nitrogens is 1. The van der Waals surface area contributed by atoms with Gasteiger partial charge in [-0.15, -0.1) is 0 Å². The predicted octanol–water partition coefficient (Wildman–Crippen LogP) is 4.60. The number of hydrogen-bond acceptors (Lipinski definition) is 3. The van der Waals surface area contributed by atoms with Crippen LogP contribution in [0.2, 0.25) is 0 Å². The van der Waals surface area contributed by atoms with Crippen molar-refractivity contribution < 1.29 is 9.18 Å². The number of benzene rings is 2. The number of aromatic amines is 1. The normalized spacial score (nSPS) is 16.4. The number of nitrogens with zero attached hydrogens (tertiary/aromatic N) is 1. The summed E-state index contributed by atoms with van der Waals surface area (Å²) in [5, 5.41) is 13.6. The molecule has 2 atom stereocenters. The van der Waals surface area contributed by atoms with Gasteiger partial charge in [-0.2, -0.15) is 5.10 Å². The van der Waals surface area contributed by atoms with Gasteiger partial charge in [0, 0.05) is 12.1 Å². The number of aromatic nitrogens is 2.